The van der Waals surface area contributed by atoms with Crippen molar-refractivity contribution in [2.45, 2.75) is 30.8 Å². The van der Waals surface area contributed by atoms with Crippen LogP contribution in [0.15, 0.2) is 29.2 Å². The highest BCUT2D eigenvalue weighted by atomic mass is 32.2. The lowest BCUT2D eigenvalue weighted by Gasteiger charge is -2.11. The van der Waals surface area contributed by atoms with Crippen molar-refractivity contribution in [1.29, 1.82) is 0 Å². The molecule has 1 aromatic carbocycles. The van der Waals surface area contributed by atoms with Crippen molar-refractivity contribution in [2.75, 3.05) is 0 Å². The van der Waals surface area contributed by atoms with Gasteiger partial charge in [0.05, 0.1) is 10.9 Å². The van der Waals surface area contributed by atoms with Crippen molar-refractivity contribution in [3.8, 4) is 0 Å². The van der Waals surface area contributed by atoms with Crippen LogP contribution in [-0.2, 0) is 21.4 Å². The minimum absolute atomic E-state index is 0.0105. The third kappa shape index (κ3) is 3.52. The molecule has 1 aromatic rings. The molecule has 100 valence electrons. The highest BCUT2D eigenvalue weighted by molar-refractivity contribution is 7.90. The molecule has 7 heteroatoms. The summed E-state index contributed by atoms with van der Waals surface area (Å²) in [6.45, 7) is 2.03. The molecule has 0 aliphatic rings. The number of carbonyl (C=O) groups is 1. The maximum Gasteiger partial charge on any atom is 0.264 e. The Kier molecular flexibility index (Phi) is 4.83. The topological polar surface area (TPSA) is 115 Å². The largest absolute Gasteiger partial charge is 0.326 e. The van der Waals surface area contributed by atoms with E-state index in [1.54, 1.807) is 19.1 Å². The van der Waals surface area contributed by atoms with E-state index in [2.05, 4.69) is 0 Å². The van der Waals surface area contributed by atoms with E-state index in [4.69, 9.17) is 11.5 Å². The zero-order chi connectivity index (χ0) is 13.8. The molecule has 0 aliphatic carbocycles. The Morgan fingerprint density at radius 1 is 1.33 bits per heavy atom. The molecule has 0 saturated carbocycles. The van der Waals surface area contributed by atoms with Crippen LogP contribution in [0.4, 0.5) is 0 Å². The average Bonchev–Trinajstić information content (AvgIpc) is 2.37. The second kappa shape index (κ2) is 5.94. The Hall–Kier alpha value is -1.44. The lowest BCUT2D eigenvalue weighted by atomic mass is 10.2. The number of hydrogen-bond acceptors (Lipinski definition) is 5. The third-order valence-electron chi connectivity index (χ3n) is 2.48. The highest BCUT2D eigenvalue weighted by Gasteiger charge is 2.20. The van der Waals surface area contributed by atoms with E-state index in [0.717, 1.165) is 5.56 Å². The van der Waals surface area contributed by atoms with Gasteiger partial charge in [-0.3, -0.25) is 4.79 Å². The van der Waals surface area contributed by atoms with Gasteiger partial charge in [0.25, 0.3) is 15.9 Å². The van der Waals surface area contributed by atoms with Gasteiger partial charge in [0.15, 0.2) is 0 Å². The number of benzene rings is 1. The molecule has 0 radical (unpaired) electrons. The molecule has 0 aromatic heterocycles. The number of carbonyl (C=O) groups excluding carboxylic acids is 1. The van der Waals surface area contributed by atoms with Crippen LogP contribution in [0.25, 0.3) is 0 Å². The van der Waals surface area contributed by atoms with Crippen molar-refractivity contribution in [3.63, 3.8) is 0 Å². The average molecular weight is 271 g/mol. The minimum Gasteiger partial charge on any atom is -0.326 e. The van der Waals surface area contributed by atoms with Gasteiger partial charge in [0.1, 0.15) is 0 Å². The Labute approximate surface area is 106 Å². The summed E-state index contributed by atoms with van der Waals surface area (Å²) in [5.41, 5.74) is 11.7. The number of sulfonamides is 1. The van der Waals surface area contributed by atoms with Crippen LogP contribution in [0.1, 0.15) is 18.9 Å². The first kappa shape index (κ1) is 14.6. The smallest absolute Gasteiger partial charge is 0.264 e. The SMILES string of the molecule is CCC(N)C(=O)NS(=O)(=O)c1ccc(CN)cc1. The molecule has 18 heavy (non-hydrogen) atoms. The molecule has 1 unspecified atom stereocenters. The van der Waals surface area contributed by atoms with E-state index in [9.17, 15) is 13.2 Å². The fraction of sp³-hybridized carbons (Fsp3) is 0.364. The Balaban J connectivity index is 2.89. The first-order valence-electron chi connectivity index (χ1n) is 5.52. The Morgan fingerprint density at radius 3 is 2.33 bits per heavy atom. The summed E-state index contributed by atoms with van der Waals surface area (Å²) in [6.07, 6.45) is 0.369. The molecular formula is C11H17N3O3S. The normalized spacial score (nSPS) is 13.1. The minimum atomic E-state index is -3.86. The molecule has 1 rings (SSSR count). The monoisotopic (exact) mass is 271 g/mol. The summed E-state index contributed by atoms with van der Waals surface area (Å²) in [6, 6.07) is 5.16. The molecule has 0 aliphatic heterocycles. The Morgan fingerprint density at radius 2 is 1.89 bits per heavy atom. The second-order valence-corrected chi connectivity index (χ2v) is 5.51. The second-order valence-electron chi connectivity index (χ2n) is 3.83. The van der Waals surface area contributed by atoms with Crippen LogP contribution < -0.4 is 16.2 Å². The predicted molar refractivity (Wildman–Crippen MR) is 67.9 cm³/mol. The fourth-order valence-corrected chi connectivity index (χ4v) is 2.29. The van der Waals surface area contributed by atoms with Crippen molar-refractivity contribution in [3.05, 3.63) is 29.8 Å². The van der Waals surface area contributed by atoms with Gasteiger partial charge in [-0.15, -0.1) is 0 Å². The van der Waals surface area contributed by atoms with Crippen LogP contribution in [0.2, 0.25) is 0 Å². The standard InChI is InChI=1S/C11H17N3O3S/c1-2-10(13)11(15)14-18(16,17)9-5-3-8(7-12)4-6-9/h3-6,10H,2,7,12-13H2,1H3,(H,14,15). The first-order chi connectivity index (χ1) is 8.40. The van der Waals surface area contributed by atoms with E-state index < -0.39 is 22.0 Å². The maximum atomic E-state index is 11.8. The highest BCUT2D eigenvalue weighted by Crippen LogP contribution is 2.10. The van der Waals surface area contributed by atoms with Crippen LogP contribution in [0.3, 0.4) is 0 Å². The van der Waals surface area contributed by atoms with Gasteiger partial charge < -0.3 is 11.5 Å². The van der Waals surface area contributed by atoms with Crippen molar-refractivity contribution in [1.82, 2.24) is 4.72 Å². The van der Waals surface area contributed by atoms with Gasteiger partial charge in [-0.25, -0.2) is 13.1 Å². The van der Waals surface area contributed by atoms with E-state index in [0.29, 0.717) is 13.0 Å². The third-order valence-corrected chi connectivity index (χ3v) is 3.84. The summed E-state index contributed by atoms with van der Waals surface area (Å²) in [5.74, 6) is -0.708. The van der Waals surface area contributed by atoms with Gasteiger partial charge >= 0.3 is 0 Å². The number of hydrogen-bond donors (Lipinski definition) is 3. The number of rotatable bonds is 5. The molecule has 0 bridgehead atoms. The molecule has 0 heterocycles. The van der Waals surface area contributed by atoms with E-state index >= 15 is 0 Å². The van der Waals surface area contributed by atoms with Gasteiger partial charge in [0, 0.05) is 6.54 Å². The molecule has 6 nitrogen and oxygen atoms in total. The van der Waals surface area contributed by atoms with Crippen LogP contribution in [-0.4, -0.2) is 20.4 Å². The Bertz CT molecular complexity index is 511. The van der Waals surface area contributed by atoms with Gasteiger partial charge in [0.2, 0.25) is 0 Å². The molecule has 5 N–H and O–H groups in total. The maximum absolute atomic E-state index is 11.8. The van der Waals surface area contributed by atoms with Gasteiger partial charge in [-0.1, -0.05) is 19.1 Å². The lowest BCUT2D eigenvalue weighted by molar-refractivity contribution is -0.120. The zero-order valence-corrected chi connectivity index (χ0v) is 10.9. The van der Waals surface area contributed by atoms with E-state index in [1.807, 2.05) is 4.72 Å². The van der Waals surface area contributed by atoms with Gasteiger partial charge in [-0.2, -0.15) is 0 Å². The lowest BCUT2D eigenvalue weighted by Crippen LogP contribution is -2.42. The number of nitrogens with two attached hydrogens (primary N) is 2. The quantitative estimate of drug-likeness (QED) is 0.679. The summed E-state index contributed by atoms with van der Waals surface area (Å²) in [7, 11) is -3.86. The van der Waals surface area contributed by atoms with Crippen molar-refractivity contribution >= 4 is 15.9 Å². The summed E-state index contributed by atoms with van der Waals surface area (Å²) in [4.78, 5) is 11.5. The number of amides is 1. The summed E-state index contributed by atoms with van der Waals surface area (Å²) < 4.78 is 25.6. The zero-order valence-electron chi connectivity index (χ0n) is 10.1. The molecule has 0 fully saturated rings. The first-order valence-corrected chi connectivity index (χ1v) is 7.00. The van der Waals surface area contributed by atoms with Crippen molar-refractivity contribution in [2.24, 2.45) is 11.5 Å². The summed E-state index contributed by atoms with van der Waals surface area (Å²) >= 11 is 0. The number of nitrogens with one attached hydrogen (secondary N) is 1. The van der Waals surface area contributed by atoms with E-state index in [-0.39, 0.29) is 4.90 Å². The molecule has 1 atom stereocenters. The van der Waals surface area contributed by atoms with Crippen molar-refractivity contribution < 1.29 is 13.2 Å². The van der Waals surface area contributed by atoms with Crippen LogP contribution >= 0.6 is 0 Å². The van der Waals surface area contributed by atoms with E-state index in [1.165, 1.54) is 12.1 Å². The molecule has 0 spiro atoms. The summed E-state index contributed by atoms with van der Waals surface area (Å²) in [5, 5.41) is 0. The molecule has 1 amide bonds. The fourth-order valence-electron chi connectivity index (χ4n) is 1.26. The van der Waals surface area contributed by atoms with Crippen LogP contribution in [0, 0.1) is 0 Å². The molecule has 0 saturated heterocycles. The van der Waals surface area contributed by atoms with Gasteiger partial charge in [-0.05, 0) is 24.1 Å². The van der Waals surface area contributed by atoms with Crippen LogP contribution in [0.5, 0.6) is 0 Å². The molecular weight excluding hydrogens is 254 g/mol. The predicted octanol–water partition coefficient (Wildman–Crippen LogP) is -0.312.